The monoisotopic (exact) mass is 282 g/mol. The molecule has 1 aliphatic rings. The van der Waals surface area contributed by atoms with Crippen LogP contribution in [0.3, 0.4) is 0 Å². The minimum atomic E-state index is -0.605. The van der Waals surface area contributed by atoms with E-state index in [9.17, 15) is 9.59 Å². The van der Waals surface area contributed by atoms with Crippen LogP contribution in [0.4, 0.5) is 10.7 Å². The largest absolute Gasteiger partial charge is 0.397 e. The van der Waals surface area contributed by atoms with Crippen LogP contribution in [-0.4, -0.2) is 24.4 Å². The smallest absolute Gasteiger partial charge is 0.263 e. The number of primary amides is 1. The zero-order valence-electron chi connectivity index (χ0n) is 10.8. The molecule has 0 bridgehead atoms. The highest BCUT2D eigenvalue weighted by Crippen LogP contribution is 2.37. The lowest BCUT2D eigenvalue weighted by Gasteiger charge is -2.27. The summed E-state index contributed by atoms with van der Waals surface area (Å²) in [6.45, 7) is 2.33. The van der Waals surface area contributed by atoms with Crippen molar-refractivity contribution in [3.8, 4) is 0 Å². The number of nitrogens with two attached hydrogens (primary N) is 2. The Kier molecular flexibility index (Phi) is 3.94. The topological polar surface area (TPSA) is 110 Å². The molecule has 6 nitrogen and oxygen atoms in total. The van der Waals surface area contributed by atoms with Gasteiger partial charge in [-0.05, 0) is 26.2 Å². The Morgan fingerprint density at radius 1 is 1.42 bits per heavy atom. The number of rotatable bonds is 5. The number of carbonyl (C=O) groups is 2. The van der Waals surface area contributed by atoms with Gasteiger partial charge in [-0.15, -0.1) is 11.3 Å². The second kappa shape index (κ2) is 5.48. The first-order valence-corrected chi connectivity index (χ1v) is 7.13. The van der Waals surface area contributed by atoms with E-state index in [0.717, 1.165) is 12.8 Å². The van der Waals surface area contributed by atoms with Crippen molar-refractivity contribution in [2.75, 3.05) is 17.6 Å². The Bertz CT molecular complexity index is 508. The zero-order chi connectivity index (χ0) is 14.0. The van der Waals surface area contributed by atoms with Crippen molar-refractivity contribution in [2.45, 2.75) is 32.2 Å². The summed E-state index contributed by atoms with van der Waals surface area (Å²) in [5, 5.41) is 6.53. The minimum Gasteiger partial charge on any atom is -0.397 e. The van der Waals surface area contributed by atoms with Gasteiger partial charge >= 0.3 is 0 Å². The van der Waals surface area contributed by atoms with Gasteiger partial charge in [-0.1, -0.05) is 0 Å². The lowest BCUT2D eigenvalue weighted by Crippen LogP contribution is -2.27. The Hall–Kier alpha value is -1.76. The Balaban J connectivity index is 2.32. The number of thiophene rings is 1. The van der Waals surface area contributed by atoms with Crippen LogP contribution in [0.2, 0.25) is 0 Å². The molecule has 0 saturated heterocycles. The molecule has 19 heavy (non-hydrogen) atoms. The molecule has 1 saturated carbocycles. The third kappa shape index (κ3) is 2.65. The number of nitrogens with one attached hydrogen (secondary N) is 2. The Morgan fingerprint density at radius 2 is 2.11 bits per heavy atom. The maximum Gasteiger partial charge on any atom is 0.263 e. The molecule has 6 N–H and O–H groups in total. The molecule has 1 aromatic heterocycles. The second-order valence-electron chi connectivity index (χ2n) is 4.54. The number of carbonyl (C=O) groups excluding carboxylic acids is 2. The summed E-state index contributed by atoms with van der Waals surface area (Å²) in [4.78, 5) is 23.7. The van der Waals surface area contributed by atoms with Gasteiger partial charge in [0.25, 0.3) is 11.8 Å². The minimum absolute atomic E-state index is 0.172. The quantitative estimate of drug-likeness (QED) is 0.649. The average Bonchev–Trinajstić information content (AvgIpc) is 2.61. The summed E-state index contributed by atoms with van der Waals surface area (Å²) >= 11 is 1.19. The molecule has 0 aromatic carbocycles. The van der Waals surface area contributed by atoms with E-state index < -0.39 is 5.91 Å². The molecule has 1 heterocycles. The molecule has 0 atom stereocenters. The second-order valence-corrected chi connectivity index (χ2v) is 5.57. The van der Waals surface area contributed by atoms with E-state index in [0.29, 0.717) is 22.5 Å². The van der Waals surface area contributed by atoms with Crippen LogP contribution < -0.4 is 22.1 Å². The van der Waals surface area contributed by atoms with Gasteiger partial charge in [0.15, 0.2) is 0 Å². The molecular weight excluding hydrogens is 264 g/mol. The van der Waals surface area contributed by atoms with E-state index in [1.54, 1.807) is 0 Å². The highest BCUT2D eigenvalue weighted by atomic mass is 32.1. The van der Waals surface area contributed by atoms with Gasteiger partial charge in [0.05, 0.1) is 11.3 Å². The van der Waals surface area contributed by atoms with E-state index in [4.69, 9.17) is 11.5 Å². The van der Waals surface area contributed by atoms with Gasteiger partial charge in [-0.2, -0.15) is 0 Å². The van der Waals surface area contributed by atoms with Gasteiger partial charge in [0.2, 0.25) is 0 Å². The first-order chi connectivity index (χ1) is 9.04. The Morgan fingerprint density at radius 3 is 2.58 bits per heavy atom. The normalized spacial score (nSPS) is 14.8. The molecule has 0 spiro atoms. The number of hydrogen-bond acceptors (Lipinski definition) is 5. The van der Waals surface area contributed by atoms with Crippen LogP contribution in [0.15, 0.2) is 0 Å². The van der Waals surface area contributed by atoms with Crippen LogP contribution in [0, 0.1) is 0 Å². The lowest BCUT2D eigenvalue weighted by molar-refractivity contribution is 0.0960. The summed E-state index contributed by atoms with van der Waals surface area (Å²) in [7, 11) is 0. The number of nitrogen functional groups attached to an aromatic ring is 1. The van der Waals surface area contributed by atoms with E-state index in [2.05, 4.69) is 10.6 Å². The summed E-state index contributed by atoms with van der Waals surface area (Å²) in [6.07, 6.45) is 3.30. The lowest BCUT2D eigenvalue weighted by atomic mass is 9.93. The van der Waals surface area contributed by atoms with Gasteiger partial charge in [-0.3, -0.25) is 9.59 Å². The Labute approximate surface area is 115 Å². The van der Waals surface area contributed by atoms with Crippen LogP contribution >= 0.6 is 11.3 Å². The number of hydrogen-bond donors (Lipinski definition) is 4. The van der Waals surface area contributed by atoms with Crippen molar-refractivity contribution >= 4 is 33.8 Å². The molecule has 2 rings (SSSR count). The fourth-order valence-corrected chi connectivity index (χ4v) is 3.06. The number of anilines is 2. The van der Waals surface area contributed by atoms with E-state index >= 15 is 0 Å². The highest BCUT2D eigenvalue weighted by molar-refractivity contribution is 7.19. The molecule has 104 valence electrons. The average molecular weight is 282 g/mol. The molecule has 0 unspecified atom stereocenters. The standard InChI is InChI=1S/C12H18N4O2S/c1-2-15-11(18)9-8(13)7(10(14)17)12(19-9)16-6-4-3-5-6/h6,16H,2-5,13H2,1H3,(H2,14,17)(H,15,18). The summed E-state index contributed by atoms with van der Waals surface area (Å²) < 4.78 is 0. The van der Waals surface area contributed by atoms with Gasteiger partial charge in [0.1, 0.15) is 9.88 Å². The van der Waals surface area contributed by atoms with E-state index in [-0.39, 0.29) is 17.2 Å². The van der Waals surface area contributed by atoms with Gasteiger partial charge < -0.3 is 22.1 Å². The first kappa shape index (κ1) is 13.7. The van der Waals surface area contributed by atoms with Crippen molar-refractivity contribution in [2.24, 2.45) is 5.73 Å². The van der Waals surface area contributed by atoms with Crippen molar-refractivity contribution < 1.29 is 9.59 Å². The first-order valence-electron chi connectivity index (χ1n) is 6.31. The molecule has 0 aliphatic heterocycles. The molecule has 1 fully saturated rings. The van der Waals surface area contributed by atoms with E-state index in [1.807, 2.05) is 6.92 Å². The summed E-state index contributed by atoms with van der Waals surface area (Å²) in [5.74, 6) is -0.875. The van der Waals surface area contributed by atoms with Crippen molar-refractivity contribution in [1.29, 1.82) is 0 Å². The van der Waals surface area contributed by atoms with Gasteiger partial charge in [-0.25, -0.2) is 0 Å². The van der Waals surface area contributed by atoms with Crippen LogP contribution in [0.1, 0.15) is 46.2 Å². The fourth-order valence-electron chi connectivity index (χ4n) is 1.94. The highest BCUT2D eigenvalue weighted by Gasteiger charge is 2.26. The summed E-state index contributed by atoms with van der Waals surface area (Å²) in [6, 6.07) is 0.346. The predicted molar refractivity (Wildman–Crippen MR) is 76.5 cm³/mol. The summed E-state index contributed by atoms with van der Waals surface area (Å²) in [5.41, 5.74) is 11.6. The van der Waals surface area contributed by atoms with Crippen LogP contribution in [0.5, 0.6) is 0 Å². The molecule has 0 radical (unpaired) electrons. The third-order valence-corrected chi connectivity index (χ3v) is 4.31. The van der Waals surface area contributed by atoms with Crippen LogP contribution in [0.25, 0.3) is 0 Å². The van der Waals surface area contributed by atoms with Gasteiger partial charge in [0, 0.05) is 12.6 Å². The third-order valence-electron chi connectivity index (χ3n) is 3.18. The van der Waals surface area contributed by atoms with Crippen LogP contribution in [-0.2, 0) is 0 Å². The maximum atomic E-state index is 11.9. The fraction of sp³-hybridized carbons (Fsp3) is 0.500. The van der Waals surface area contributed by atoms with Crippen molar-refractivity contribution in [1.82, 2.24) is 5.32 Å². The zero-order valence-corrected chi connectivity index (χ0v) is 11.6. The molecule has 7 heteroatoms. The molecule has 2 amide bonds. The maximum absolute atomic E-state index is 11.9. The van der Waals surface area contributed by atoms with E-state index in [1.165, 1.54) is 17.8 Å². The number of amides is 2. The predicted octanol–water partition coefficient (Wildman–Crippen LogP) is 1.14. The SMILES string of the molecule is CCNC(=O)c1sc(NC2CCC2)c(C(N)=O)c1N. The molecule has 1 aliphatic carbocycles. The molecule has 1 aromatic rings. The molecular formula is C12H18N4O2S. The van der Waals surface area contributed by atoms with Crippen molar-refractivity contribution in [3.63, 3.8) is 0 Å². The van der Waals surface area contributed by atoms with Crippen molar-refractivity contribution in [3.05, 3.63) is 10.4 Å².